The Morgan fingerprint density at radius 2 is 1.90 bits per heavy atom. The fraction of sp³-hybridized carbons (Fsp3) is 0.435. The number of methoxy groups -OCH3 is 1. The van der Waals surface area contributed by atoms with Crippen LogP contribution in [0.15, 0.2) is 42.5 Å². The van der Waals surface area contributed by atoms with Gasteiger partial charge in [-0.1, -0.05) is 37.3 Å². The number of tetrazole rings is 1. The van der Waals surface area contributed by atoms with Crippen LogP contribution in [0.3, 0.4) is 0 Å². The monoisotopic (exact) mass is 442 g/mol. The van der Waals surface area contributed by atoms with Crippen molar-refractivity contribution in [2.45, 2.75) is 51.7 Å². The van der Waals surface area contributed by atoms with E-state index in [9.17, 15) is 5.11 Å². The van der Waals surface area contributed by atoms with Gasteiger partial charge in [-0.25, -0.2) is 4.68 Å². The normalized spacial score (nSPS) is 15.1. The zero-order chi connectivity index (χ0) is 21.3. The first-order chi connectivity index (χ1) is 14.4. The molecule has 0 bridgehead atoms. The van der Waals surface area contributed by atoms with Crippen LogP contribution < -0.4 is 17.1 Å². The molecule has 0 aliphatic carbocycles. The molecule has 1 aromatic heterocycles. The summed E-state index contributed by atoms with van der Waals surface area (Å²) in [7, 11) is 1.56. The molecule has 166 valence electrons. The van der Waals surface area contributed by atoms with E-state index in [1.54, 1.807) is 13.2 Å². The number of aromatic hydroxyl groups is 1. The zero-order valence-corrected chi connectivity index (χ0v) is 19.2. The predicted molar refractivity (Wildman–Crippen MR) is 114 cm³/mol. The fourth-order valence-corrected chi connectivity index (χ4v) is 4.07. The van der Waals surface area contributed by atoms with E-state index in [2.05, 4.69) is 65.5 Å². The average Bonchev–Trinajstić information content (AvgIpc) is 3.25. The third-order valence-electron chi connectivity index (χ3n) is 6.22. The van der Waals surface area contributed by atoms with Gasteiger partial charge in [0.05, 0.1) is 18.7 Å². The lowest BCUT2D eigenvalue weighted by Crippen LogP contribution is -3.00. The quantitative estimate of drug-likeness (QED) is 0.605. The molecule has 3 aromatic rings. The summed E-state index contributed by atoms with van der Waals surface area (Å²) < 4.78 is 7.33. The lowest BCUT2D eigenvalue weighted by molar-refractivity contribution is -0.00000808. The molecule has 0 radical (unpaired) electrons. The second kappa shape index (κ2) is 9.24. The van der Waals surface area contributed by atoms with Crippen molar-refractivity contribution in [3.05, 3.63) is 65.0 Å². The van der Waals surface area contributed by atoms with Crippen molar-refractivity contribution in [2.24, 2.45) is 0 Å². The molecule has 1 N–H and O–H groups in total. The lowest BCUT2D eigenvalue weighted by atomic mass is 9.95. The first-order valence-corrected chi connectivity index (χ1v) is 10.4. The number of benzene rings is 2. The van der Waals surface area contributed by atoms with E-state index < -0.39 is 0 Å². The molecule has 31 heavy (non-hydrogen) atoms. The van der Waals surface area contributed by atoms with Crippen LogP contribution >= 0.6 is 0 Å². The second-order valence-electron chi connectivity index (χ2n) is 8.44. The van der Waals surface area contributed by atoms with Gasteiger partial charge in [0.25, 0.3) is 0 Å². The third kappa shape index (κ3) is 4.38. The Balaban J connectivity index is 0.00000272. The van der Waals surface area contributed by atoms with Crippen molar-refractivity contribution >= 4 is 0 Å². The molecule has 0 spiro atoms. The maximum Gasteiger partial charge on any atom is 0.173 e. The highest BCUT2D eigenvalue weighted by Gasteiger charge is 2.34. The molecule has 0 saturated carbocycles. The highest BCUT2D eigenvalue weighted by molar-refractivity contribution is 5.44. The average molecular weight is 443 g/mol. The second-order valence-corrected chi connectivity index (χ2v) is 8.44. The Kier molecular flexibility index (Phi) is 6.86. The molecule has 0 amide bonds. The summed E-state index contributed by atoms with van der Waals surface area (Å²) >= 11 is 0. The summed E-state index contributed by atoms with van der Waals surface area (Å²) in [5.41, 5.74) is 3.50. The van der Waals surface area contributed by atoms with Gasteiger partial charge >= 0.3 is 0 Å². The van der Waals surface area contributed by atoms with Gasteiger partial charge in [0.1, 0.15) is 0 Å². The Labute approximate surface area is 189 Å². The van der Waals surface area contributed by atoms with Crippen LogP contribution in [0.2, 0.25) is 0 Å². The van der Waals surface area contributed by atoms with Crippen LogP contribution in [0.4, 0.5) is 0 Å². The van der Waals surface area contributed by atoms with Gasteiger partial charge in [-0.15, -0.1) is 5.10 Å². The standard InChI is InChI=1S/C23H29N5O2.ClH/c1-5-23(2,3)28-22(24-25-26-28)21(17-10-11-19(29)20(14-17)30-4)27-13-12-16-8-6-7-9-18(16)15-27;/h6-11,14,21,29H,5,12-13,15H2,1-4H3;1H/p-1. The number of phenols is 1. The first kappa shape index (κ1) is 23.0. The summed E-state index contributed by atoms with van der Waals surface area (Å²) in [6.07, 6.45) is 1.88. The van der Waals surface area contributed by atoms with E-state index in [4.69, 9.17) is 4.74 Å². The Hall–Kier alpha value is -2.64. The number of hydrogen-bond acceptors (Lipinski definition) is 6. The van der Waals surface area contributed by atoms with Gasteiger partial charge in [-0.2, -0.15) is 0 Å². The van der Waals surface area contributed by atoms with Crippen molar-refractivity contribution in [3.8, 4) is 11.5 Å². The summed E-state index contributed by atoms with van der Waals surface area (Å²) in [6.45, 7) is 8.13. The molecule has 2 aromatic carbocycles. The van der Waals surface area contributed by atoms with Crippen molar-refractivity contribution in [3.63, 3.8) is 0 Å². The Morgan fingerprint density at radius 3 is 2.61 bits per heavy atom. The maximum atomic E-state index is 10.1. The van der Waals surface area contributed by atoms with Gasteiger partial charge < -0.3 is 22.3 Å². The molecule has 4 rings (SSSR count). The van der Waals surface area contributed by atoms with E-state index in [0.717, 1.165) is 37.3 Å². The van der Waals surface area contributed by atoms with Crippen LogP contribution in [-0.2, 0) is 18.5 Å². The van der Waals surface area contributed by atoms with Crippen molar-refractivity contribution in [2.75, 3.05) is 13.7 Å². The van der Waals surface area contributed by atoms with Gasteiger partial charge in [0, 0.05) is 13.1 Å². The molecular weight excluding hydrogens is 414 g/mol. The van der Waals surface area contributed by atoms with Gasteiger partial charge in [-0.05, 0) is 65.9 Å². The van der Waals surface area contributed by atoms with Gasteiger partial charge in [0.15, 0.2) is 17.3 Å². The molecule has 1 aliphatic rings. The van der Waals surface area contributed by atoms with Crippen LogP contribution in [0.1, 0.15) is 55.7 Å². The number of nitrogens with zero attached hydrogens (tertiary/aromatic N) is 5. The maximum absolute atomic E-state index is 10.1. The molecular formula is C23H29ClN5O2-. The molecule has 1 aliphatic heterocycles. The minimum Gasteiger partial charge on any atom is -1.00 e. The molecule has 1 atom stereocenters. The SMILES string of the molecule is CCC(C)(C)n1nnnc1C(c1ccc(O)c(OC)c1)N1CCc2ccccc2C1.[Cl-]. The summed E-state index contributed by atoms with van der Waals surface area (Å²) in [6, 6.07) is 13.9. The van der Waals surface area contributed by atoms with E-state index in [-0.39, 0.29) is 29.7 Å². The molecule has 7 nitrogen and oxygen atoms in total. The molecule has 0 saturated heterocycles. The van der Waals surface area contributed by atoms with Crippen molar-refractivity contribution < 1.29 is 22.3 Å². The molecule has 0 fully saturated rings. The van der Waals surface area contributed by atoms with E-state index in [0.29, 0.717) is 5.75 Å². The summed E-state index contributed by atoms with van der Waals surface area (Å²) in [5, 5.41) is 23.0. The van der Waals surface area contributed by atoms with E-state index >= 15 is 0 Å². The first-order valence-electron chi connectivity index (χ1n) is 10.4. The van der Waals surface area contributed by atoms with Crippen LogP contribution in [0, 0.1) is 0 Å². The number of ether oxygens (including phenoxy) is 1. The number of hydrogen-bond donors (Lipinski definition) is 1. The van der Waals surface area contributed by atoms with Crippen LogP contribution in [0.25, 0.3) is 0 Å². The van der Waals surface area contributed by atoms with Crippen LogP contribution in [0.5, 0.6) is 11.5 Å². The molecule has 1 unspecified atom stereocenters. The number of fused-ring (bicyclic) bond motifs is 1. The van der Waals surface area contributed by atoms with Crippen LogP contribution in [-0.4, -0.2) is 43.9 Å². The van der Waals surface area contributed by atoms with Crippen molar-refractivity contribution in [1.82, 2.24) is 25.1 Å². The highest BCUT2D eigenvalue weighted by Crippen LogP contribution is 2.37. The number of halogens is 1. The van der Waals surface area contributed by atoms with E-state index in [1.165, 1.54) is 11.1 Å². The van der Waals surface area contributed by atoms with Crippen molar-refractivity contribution in [1.29, 1.82) is 0 Å². The Morgan fingerprint density at radius 1 is 1.16 bits per heavy atom. The highest BCUT2D eigenvalue weighted by atomic mass is 35.5. The lowest BCUT2D eigenvalue weighted by Gasteiger charge is -2.36. The number of rotatable bonds is 6. The Bertz CT molecular complexity index is 1040. The smallest absolute Gasteiger partial charge is 0.173 e. The van der Waals surface area contributed by atoms with Gasteiger partial charge in [0.2, 0.25) is 0 Å². The molecule has 8 heteroatoms. The topological polar surface area (TPSA) is 76.3 Å². The molecule has 2 heterocycles. The minimum atomic E-state index is -0.216. The predicted octanol–water partition coefficient (Wildman–Crippen LogP) is 0.684. The van der Waals surface area contributed by atoms with E-state index in [1.807, 2.05) is 16.8 Å². The summed E-state index contributed by atoms with van der Waals surface area (Å²) in [4.78, 5) is 2.40. The minimum absolute atomic E-state index is 0. The number of phenolic OH excluding ortho intramolecular Hbond substituents is 1. The fourth-order valence-electron chi connectivity index (χ4n) is 4.07. The van der Waals surface area contributed by atoms with Gasteiger partial charge in [-0.3, -0.25) is 4.90 Å². The summed E-state index contributed by atoms with van der Waals surface area (Å²) in [5.74, 6) is 1.37. The largest absolute Gasteiger partial charge is 1.00 e. The number of aromatic nitrogens is 4. The third-order valence-corrected chi connectivity index (χ3v) is 6.22. The zero-order valence-electron chi connectivity index (χ0n) is 18.4.